The molecule has 2 aromatic carbocycles. The highest BCUT2D eigenvalue weighted by atomic mass is 16.2. The Bertz CT molecular complexity index is 1110. The van der Waals surface area contributed by atoms with Gasteiger partial charge in [-0.1, -0.05) is 12.1 Å². The Kier molecular flexibility index (Phi) is 13.9. The van der Waals surface area contributed by atoms with Crippen molar-refractivity contribution in [3.63, 3.8) is 0 Å². The minimum Gasteiger partial charge on any atom is -0.326 e. The molecule has 9 nitrogen and oxygen atoms in total. The molecule has 2 rings (SSSR count). The summed E-state index contributed by atoms with van der Waals surface area (Å²) < 4.78 is 0. The predicted octanol–water partition coefficient (Wildman–Crippen LogP) is 3.96. The zero-order valence-electron chi connectivity index (χ0n) is 18.0. The third-order valence-electron chi connectivity index (χ3n) is 3.31. The number of nitrogens with zero attached hydrogens (tertiary/aromatic N) is 4. The van der Waals surface area contributed by atoms with Gasteiger partial charge in [-0.2, -0.15) is 21.0 Å². The highest BCUT2D eigenvalue weighted by Crippen LogP contribution is 2.12. The zero-order chi connectivity index (χ0) is 25.1. The average molecular weight is 440 g/mol. The lowest BCUT2D eigenvalue weighted by Gasteiger charge is -2.01. The first-order valence-corrected chi connectivity index (χ1v) is 9.25. The number of hydrogen-bond donors (Lipinski definition) is 2. The molecule has 0 heterocycles. The second kappa shape index (κ2) is 16.5. The summed E-state index contributed by atoms with van der Waals surface area (Å²) in [5, 5.41) is 37.5. The first kappa shape index (κ1) is 27.8. The molecule has 2 amide bonds. The highest BCUT2D eigenvalue weighted by Gasteiger charge is 1.97. The minimum atomic E-state index is -0.141. The fourth-order valence-electron chi connectivity index (χ4n) is 2.01. The van der Waals surface area contributed by atoms with Gasteiger partial charge in [0.1, 0.15) is 30.4 Å². The average Bonchev–Trinajstić information content (AvgIpc) is 2.80. The fraction of sp³-hybridized carbons (Fsp3) is 0.125. The van der Waals surface area contributed by atoms with E-state index in [1.54, 1.807) is 72.8 Å². The van der Waals surface area contributed by atoms with E-state index < -0.39 is 0 Å². The summed E-state index contributed by atoms with van der Waals surface area (Å²) in [4.78, 5) is 31.6. The molecule has 0 radical (unpaired) electrons. The largest absolute Gasteiger partial charge is 0.326 e. The summed E-state index contributed by atoms with van der Waals surface area (Å²) in [6.45, 7) is 2.87. The van der Waals surface area contributed by atoms with Crippen molar-refractivity contribution in [3.8, 4) is 24.3 Å². The molecule has 0 fully saturated rings. The molecule has 0 bridgehead atoms. The summed E-state index contributed by atoms with van der Waals surface area (Å²) in [5.41, 5.74) is 2.77. The third-order valence-corrected chi connectivity index (χ3v) is 3.31. The van der Waals surface area contributed by atoms with Crippen LogP contribution in [0.2, 0.25) is 0 Å². The van der Waals surface area contributed by atoms with Crippen LogP contribution in [0.5, 0.6) is 0 Å². The molecule has 0 unspecified atom stereocenters. The third kappa shape index (κ3) is 13.6. The number of anilines is 2. The molecule has 0 aliphatic rings. The molecule has 0 aromatic heterocycles. The first-order chi connectivity index (χ1) is 15.8. The molecule has 164 valence electrons. The fourth-order valence-corrected chi connectivity index (χ4v) is 2.01. The number of aldehydes is 1. The van der Waals surface area contributed by atoms with Crippen LogP contribution in [0.15, 0.2) is 54.1 Å². The minimum absolute atomic E-state index is 0. The van der Waals surface area contributed by atoms with Crippen molar-refractivity contribution in [2.75, 3.05) is 10.6 Å². The second-order valence-corrected chi connectivity index (χ2v) is 6.00. The molecular weight excluding hydrogens is 420 g/mol. The van der Waals surface area contributed by atoms with Crippen LogP contribution in [0.25, 0.3) is 6.08 Å². The zero-order valence-corrected chi connectivity index (χ0v) is 18.0. The SMILES string of the molecule is CC(=O)Nc1ccc(C=C(C#N)C#N)cc1.CC(=O)Nc1ccc(C=O)cc1.N#CCC#N. The number of carbonyl (C=O) groups excluding carboxylic acids is 3. The van der Waals surface area contributed by atoms with Crippen LogP contribution >= 0.6 is 0 Å². The van der Waals surface area contributed by atoms with Gasteiger partial charge in [0.15, 0.2) is 0 Å². The second-order valence-electron chi connectivity index (χ2n) is 6.00. The summed E-state index contributed by atoms with van der Waals surface area (Å²) in [7, 11) is 0. The Morgan fingerprint density at radius 2 is 1.15 bits per heavy atom. The smallest absolute Gasteiger partial charge is 0.221 e. The van der Waals surface area contributed by atoms with E-state index in [0.29, 0.717) is 16.9 Å². The van der Waals surface area contributed by atoms with E-state index in [2.05, 4.69) is 10.6 Å². The van der Waals surface area contributed by atoms with Crippen LogP contribution in [0.4, 0.5) is 11.4 Å². The predicted molar refractivity (Wildman–Crippen MR) is 122 cm³/mol. The number of allylic oxidation sites excluding steroid dienone is 1. The van der Waals surface area contributed by atoms with Crippen molar-refractivity contribution in [1.29, 1.82) is 21.0 Å². The lowest BCUT2D eigenvalue weighted by molar-refractivity contribution is -0.115. The number of benzene rings is 2. The van der Waals surface area contributed by atoms with Gasteiger partial charge in [-0.25, -0.2) is 0 Å². The molecule has 2 N–H and O–H groups in total. The molecule has 0 saturated heterocycles. The van der Waals surface area contributed by atoms with Crippen LogP contribution in [0.3, 0.4) is 0 Å². The van der Waals surface area contributed by atoms with Crippen molar-refractivity contribution in [2.45, 2.75) is 20.3 Å². The first-order valence-electron chi connectivity index (χ1n) is 9.25. The topological polar surface area (TPSA) is 170 Å². The van der Waals surface area contributed by atoms with Gasteiger partial charge in [0.2, 0.25) is 11.8 Å². The lowest BCUT2D eigenvalue weighted by Crippen LogP contribution is -2.05. The maximum Gasteiger partial charge on any atom is 0.221 e. The van der Waals surface area contributed by atoms with E-state index in [4.69, 9.17) is 21.0 Å². The summed E-state index contributed by atoms with van der Waals surface area (Å²) >= 11 is 0. The normalized spacial score (nSPS) is 8.06. The Labute approximate surface area is 191 Å². The van der Waals surface area contributed by atoms with Crippen LogP contribution < -0.4 is 10.6 Å². The maximum atomic E-state index is 10.8. The summed E-state index contributed by atoms with van der Waals surface area (Å²) in [6, 6.07) is 20.4. The number of carbonyl (C=O) groups is 3. The van der Waals surface area contributed by atoms with Crippen molar-refractivity contribution in [2.24, 2.45) is 0 Å². The molecule has 33 heavy (non-hydrogen) atoms. The standard InChI is InChI=1S/C12H9N3O.C9H9NO2.C3H2N2/c1-9(16)15-12-4-2-10(3-5-12)6-11(7-13)8-14;1-7(12)10-9-4-2-8(6-11)3-5-9;4-2-1-3-5/h2-6H,1H3,(H,15,16);2-6H,1H3,(H,10,12);1H2. The molecule has 0 spiro atoms. The van der Waals surface area contributed by atoms with Crippen molar-refractivity contribution >= 4 is 35.6 Å². The number of rotatable bonds is 4. The van der Waals surface area contributed by atoms with E-state index in [1.807, 2.05) is 0 Å². The monoisotopic (exact) mass is 440 g/mol. The summed E-state index contributed by atoms with van der Waals surface area (Å²) in [6.07, 6.45) is 2.25. The Hall–Kier alpha value is -5.25. The Balaban J connectivity index is 0.000000530. The summed E-state index contributed by atoms with van der Waals surface area (Å²) in [5.74, 6) is -0.258. The molecule has 0 atom stereocenters. The van der Waals surface area contributed by atoms with Crippen LogP contribution in [0, 0.1) is 45.3 Å². The van der Waals surface area contributed by atoms with Crippen molar-refractivity contribution in [3.05, 3.63) is 65.2 Å². The van der Waals surface area contributed by atoms with Gasteiger partial charge in [0, 0.05) is 30.8 Å². The van der Waals surface area contributed by atoms with Crippen LogP contribution in [-0.4, -0.2) is 18.1 Å². The van der Waals surface area contributed by atoms with Crippen molar-refractivity contribution < 1.29 is 14.4 Å². The number of amides is 2. The molecule has 0 aliphatic heterocycles. The molecular formula is C24H20N6O3. The highest BCUT2D eigenvalue weighted by molar-refractivity contribution is 5.89. The van der Waals surface area contributed by atoms with Gasteiger partial charge >= 0.3 is 0 Å². The Morgan fingerprint density at radius 3 is 1.42 bits per heavy atom. The van der Waals surface area contributed by atoms with Gasteiger partial charge in [0.05, 0.1) is 12.1 Å². The van der Waals surface area contributed by atoms with E-state index in [1.165, 1.54) is 19.9 Å². The van der Waals surface area contributed by atoms with E-state index >= 15 is 0 Å². The molecule has 0 aliphatic carbocycles. The Morgan fingerprint density at radius 1 is 0.758 bits per heavy atom. The van der Waals surface area contributed by atoms with Gasteiger partial charge < -0.3 is 10.6 Å². The van der Waals surface area contributed by atoms with E-state index in [-0.39, 0.29) is 23.8 Å². The van der Waals surface area contributed by atoms with E-state index in [0.717, 1.165) is 11.8 Å². The lowest BCUT2D eigenvalue weighted by atomic mass is 10.1. The van der Waals surface area contributed by atoms with Gasteiger partial charge in [-0.3, -0.25) is 14.4 Å². The van der Waals surface area contributed by atoms with Gasteiger partial charge in [-0.05, 0) is 48.0 Å². The molecule has 0 saturated carbocycles. The van der Waals surface area contributed by atoms with Crippen LogP contribution in [0.1, 0.15) is 36.2 Å². The van der Waals surface area contributed by atoms with E-state index in [9.17, 15) is 14.4 Å². The number of hydrogen-bond acceptors (Lipinski definition) is 7. The quantitative estimate of drug-likeness (QED) is 0.535. The molecule has 9 heteroatoms. The maximum absolute atomic E-state index is 10.8. The van der Waals surface area contributed by atoms with Gasteiger partial charge in [-0.15, -0.1) is 0 Å². The van der Waals surface area contributed by atoms with Crippen molar-refractivity contribution in [1.82, 2.24) is 0 Å². The van der Waals surface area contributed by atoms with Gasteiger partial charge in [0.25, 0.3) is 0 Å². The molecule has 2 aromatic rings. The number of nitrogens with one attached hydrogen (secondary N) is 2. The number of nitriles is 4. The van der Waals surface area contributed by atoms with Crippen LogP contribution in [-0.2, 0) is 9.59 Å².